The Morgan fingerprint density at radius 2 is 1.74 bits per heavy atom. The lowest BCUT2D eigenvalue weighted by Crippen LogP contribution is -2.28. The molecule has 7 nitrogen and oxygen atoms in total. The summed E-state index contributed by atoms with van der Waals surface area (Å²) in [7, 11) is -0.738. The van der Waals surface area contributed by atoms with Crippen LogP contribution in [0.2, 0.25) is 0 Å². The molecule has 1 fully saturated rings. The molecule has 0 aliphatic carbocycles. The van der Waals surface area contributed by atoms with E-state index in [1.54, 1.807) is 18.2 Å². The predicted molar refractivity (Wildman–Crippen MR) is 99.9 cm³/mol. The van der Waals surface area contributed by atoms with E-state index in [1.165, 1.54) is 36.7 Å². The van der Waals surface area contributed by atoms with E-state index in [0.717, 1.165) is 12.8 Å². The van der Waals surface area contributed by atoms with Crippen molar-refractivity contribution < 1.29 is 27.8 Å². The van der Waals surface area contributed by atoms with E-state index in [9.17, 15) is 18.3 Å². The number of hydrogen-bond acceptors (Lipinski definition) is 5. The zero-order valence-electron chi connectivity index (χ0n) is 15.1. The Balaban J connectivity index is 2.17. The van der Waals surface area contributed by atoms with Crippen molar-refractivity contribution in [3.05, 3.63) is 42.0 Å². The normalized spacial score (nSPS) is 14.9. The number of sulfonamides is 1. The maximum atomic E-state index is 12.9. The minimum absolute atomic E-state index is 0.0304. The molecule has 0 amide bonds. The van der Waals surface area contributed by atoms with E-state index in [2.05, 4.69) is 0 Å². The Kier molecular flexibility index (Phi) is 5.38. The summed E-state index contributed by atoms with van der Waals surface area (Å²) in [6, 6.07) is 9.22. The number of carbonyl (C=O) groups is 1. The lowest BCUT2D eigenvalue weighted by molar-refractivity contribution is 0.0696. The fraction of sp³-hybridized carbons (Fsp3) is 0.316. The summed E-state index contributed by atoms with van der Waals surface area (Å²) in [5.41, 5.74) is 0.939. The van der Waals surface area contributed by atoms with Gasteiger partial charge in [-0.25, -0.2) is 13.2 Å². The van der Waals surface area contributed by atoms with E-state index in [0.29, 0.717) is 35.7 Å². The zero-order valence-corrected chi connectivity index (χ0v) is 16.0. The summed E-state index contributed by atoms with van der Waals surface area (Å²) < 4.78 is 37.8. The Labute approximate surface area is 158 Å². The van der Waals surface area contributed by atoms with Gasteiger partial charge in [0.05, 0.1) is 24.7 Å². The van der Waals surface area contributed by atoms with Crippen molar-refractivity contribution in [1.82, 2.24) is 4.31 Å². The van der Waals surface area contributed by atoms with Crippen molar-refractivity contribution in [2.45, 2.75) is 17.7 Å². The first kappa shape index (κ1) is 19.2. The van der Waals surface area contributed by atoms with Crippen molar-refractivity contribution >= 4 is 16.0 Å². The first-order chi connectivity index (χ1) is 12.9. The minimum atomic E-state index is -3.75. The average Bonchev–Trinajstić information content (AvgIpc) is 3.22. The van der Waals surface area contributed by atoms with Crippen LogP contribution in [0.25, 0.3) is 11.1 Å². The van der Waals surface area contributed by atoms with Crippen LogP contribution < -0.4 is 9.47 Å². The van der Waals surface area contributed by atoms with Crippen LogP contribution in [0, 0.1) is 0 Å². The van der Waals surface area contributed by atoms with Crippen LogP contribution in [0.5, 0.6) is 11.5 Å². The number of rotatable bonds is 6. The van der Waals surface area contributed by atoms with Gasteiger partial charge < -0.3 is 14.6 Å². The van der Waals surface area contributed by atoms with Gasteiger partial charge in [0, 0.05) is 24.7 Å². The summed E-state index contributed by atoms with van der Waals surface area (Å²) in [4.78, 5) is 11.5. The first-order valence-electron chi connectivity index (χ1n) is 8.48. The molecule has 1 aliphatic rings. The molecule has 1 heterocycles. The van der Waals surface area contributed by atoms with Gasteiger partial charge in [0.25, 0.3) is 0 Å². The molecule has 2 aromatic carbocycles. The first-order valence-corrected chi connectivity index (χ1v) is 9.92. The van der Waals surface area contributed by atoms with Gasteiger partial charge in [-0.2, -0.15) is 4.31 Å². The van der Waals surface area contributed by atoms with Gasteiger partial charge in [-0.05, 0) is 48.7 Å². The summed E-state index contributed by atoms with van der Waals surface area (Å²) >= 11 is 0. The number of aromatic carboxylic acids is 1. The summed E-state index contributed by atoms with van der Waals surface area (Å²) in [5, 5.41) is 9.46. The van der Waals surface area contributed by atoms with E-state index < -0.39 is 16.0 Å². The van der Waals surface area contributed by atoms with Crippen LogP contribution >= 0.6 is 0 Å². The van der Waals surface area contributed by atoms with Gasteiger partial charge in [-0.15, -0.1) is 0 Å². The number of nitrogens with zero attached hydrogens (tertiary/aromatic N) is 1. The lowest BCUT2D eigenvalue weighted by Gasteiger charge is -2.17. The van der Waals surface area contributed by atoms with Gasteiger partial charge in [-0.3, -0.25) is 0 Å². The third kappa shape index (κ3) is 3.77. The SMILES string of the molecule is COc1ccc(-c2cc(C(=O)O)cc(S(=O)(=O)N3CCCC3)c2)c(OC)c1. The van der Waals surface area contributed by atoms with Crippen LogP contribution in [0.4, 0.5) is 0 Å². The third-order valence-electron chi connectivity index (χ3n) is 4.58. The summed E-state index contributed by atoms with van der Waals surface area (Å²) in [6.45, 7) is 0.891. The van der Waals surface area contributed by atoms with E-state index >= 15 is 0 Å². The van der Waals surface area contributed by atoms with Crippen LogP contribution in [0.1, 0.15) is 23.2 Å². The monoisotopic (exact) mass is 391 g/mol. The molecule has 2 aromatic rings. The molecule has 8 heteroatoms. The summed E-state index contributed by atoms with van der Waals surface area (Å²) in [6.07, 6.45) is 1.61. The highest BCUT2D eigenvalue weighted by Crippen LogP contribution is 2.35. The number of ether oxygens (including phenoxy) is 2. The molecule has 0 aromatic heterocycles. The maximum absolute atomic E-state index is 12.9. The number of hydrogen-bond donors (Lipinski definition) is 1. The molecule has 1 N–H and O–H groups in total. The molecule has 0 unspecified atom stereocenters. The Morgan fingerprint density at radius 1 is 1.04 bits per heavy atom. The zero-order chi connectivity index (χ0) is 19.6. The number of benzene rings is 2. The van der Waals surface area contributed by atoms with Crippen LogP contribution in [-0.2, 0) is 10.0 Å². The smallest absolute Gasteiger partial charge is 0.335 e. The fourth-order valence-electron chi connectivity index (χ4n) is 3.14. The van der Waals surface area contributed by atoms with E-state index in [1.807, 2.05) is 0 Å². The molecule has 1 saturated heterocycles. The Hall–Kier alpha value is -2.58. The molecular formula is C19H21NO6S. The molecule has 0 radical (unpaired) electrons. The van der Waals surface area contributed by atoms with Crippen molar-refractivity contribution in [2.75, 3.05) is 27.3 Å². The lowest BCUT2D eigenvalue weighted by atomic mass is 10.0. The molecule has 0 spiro atoms. The van der Waals surface area contributed by atoms with Crippen molar-refractivity contribution in [1.29, 1.82) is 0 Å². The van der Waals surface area contributed by atoms with E-state index in [4.69, 9.17) is 9.47 Å². The highest BCUT2D eigenvalue weighted by Gasteiger charge is 2.28. The third-order valence-corrected chi connectivity index (χ3v) is 6.45. The largest absolute Gasteiger partial charge is 0.497 e. The molecule has 1 aliphatic heterocycles. The average molecular weight is 391 g/mol. The van der Waals surface area contributed by atoms with Crippen molar-refractivity contribution in [2.24, 2.45) is 0 Å². The number of methoxy groups -OCH3 is 2. The number of carboxylic acids is 1. The van der Waals surface area contributed by atoms with Crippen molar-refractivity contribution in [3.8, 4) is 22.6 Å². The van der Waals surface area contributed by atoms with Gasteiger partial charge >= 0.3 is 5.97 Å². The molecule has 0 saturated carbocycles. The van der Waals surface area contributed by atoms with Gasteiger partial charge in [0.2, 0.25) is 10.0 Å². The number of carboxylic acid groups (broad SMARTS) is 1. The van der Waals surface area contributed by atoms with Gasteiger partial charge in [-0.1, -0.05) is 0 Å². The Morgan fingerprint density at radius 3 is 2.33 bits per heavy atom. The van der Waals surface area contributed by atoms with Crippen LogP contribution in [-0.4, -0.2) is 51.1 Å². The second kappa shape index (κ2) is 7.58. The quantitative estimate of drug-likeness (QED) is 0.814. The van der Waals surface area contributed by atoms with Crippen molar-refractivity contribution in [3.63, 3.8) is 0 Å². The Bertz CT molecular complexity index is 964. The van der Waals surface area contributed by atoms with Gasteiger partial charge in [0.1, 0.15) is 11.5 Å². The topological polar surface area (TPSA) is 93.1 Å². The van der Waals surface area contributed by atoms with Gasteiger partial charge in [0.15, 0.2) is 0 Å². The molecule has 0 atom stereocenters. The maximum Gasteiger partial charge on any atom is 0.335 e. The molecule has 0 bridgehead atoms. The summed E-state index contributed by atoms with van der Waals surface area (Å²) in [5.74, 6) is -0.154. The predicted octanol–water partition coefficient (Wildman–Crippen LogP) is 2.85. The molecular weight excluding hydrogens is 370 g/mol. The van der Waals surface area contributed by atoms with E-state index in [-0.39, 0.29) is 10.5 Å². The second-order valence-electron chi connectivity index (χ2n) is 6.23. The standard InChI is InChI=1S/C19H21NO6S/c1-25-15-5-6-17(18(12-15)26-2)13-9-14(19(21)22)11-16(10-13)27(23,24)20-7-3-4-8-20/h5-6,9-12H,3-4,7-8H2,1-2H3,(H,21,22). The van der Waals surface area contributed by atoms with Crippen LogP contribution in [0.3, 0.4) is 0 Å². The van der Waals surface area contributed by atoms with Crippen LogP contribution in [0.15, 0.2) is 41.3 Å². The fourth-order valence-corrected chi connectivity index (χ4v) is 4.73. The molecule has 144 valence electrons. The highest BCUT2D eigenvalue weighted by atomic mass is 32.2. The molecule has 27 heavy (non-hydrogen) atoms. The highest BCUT2D eigenvalue weighted by molar-refractivity contribution is 7.89. The molecule has 3 rings (SSSR count). The minimum Gasteiger partial charge on any atom is -0.497 e. The second-order valence-corrected chi connectivity index (χ2v) is 8.17.